The number of benzene rings is 1. The molecule has 4 heteroatoms. The highest BCUT2D eigenvalue weighted by Gasteiger charge is 2.44. The molecule has 0 radical (unpaired) electrons. The molecule has 1 unspecified atom stereocenters. The number of aliphatic carboxylic acids is 1. The first-order valence-electron chi connectivity index (χ1n) is 9.22. The summed E-state index contributed by atoms with van der Waals surface area (Å²) in [4.78, 5) is 24.6. The maximum Gasteiger partial charge on any atom is 0.309 e. The number of rotatable bonds is 7. The maximum absolute atomic E-state index is 12.7. The molecular weight excluding hydrogens is 316 g/mol. The van der Waals surface area contributed by atoms with Crippen molar-refractivity contribution in [1.29, 1.82) is 0 Å². The second kappa shape index (κ2) is 8.03. The lowest BCUT2D eigenvalue weighted by molar-refractivity contribution is -0.163. The van der Waals surface area contributed by atoms with Gasteiger partial charge in [-0.25, -0.2) is 0 Å². The molecule has 0 aliphatic heterocycles. The van der Waals surface area contributed by atoms with Gasteiger partial charge in [0.1, 0.15) is 5.60 Å². The Morgan fingerprint density at radius 1 is 1.16 bits per heavy atom. The van der Waals surface area contributed by atoms with Crippen LogP contribution < -0.4 is 0 Å². The van der Waals surface area contributed by atoms with Crippen LogP contribution in [0, 0.1) is 11.3 Å². The van der Waals surface area contributed by atoms with Crippen LogP contribution in [0.2, 0.25) is 0 Å². The summed E-state index contributed by atoms with van der Waals surface area (Å²) >= 11 is 0. The van der Waals surface area contributed by atoms with E-state index in [2.05, 4.69) is 0 Å². The van der Waals surface area contributed by atoms with Gasteiger partial charge in [-0.05, 0) is 58.4 Å². The molecular formula is C21H30O4. The number of carboxylic acid groups (broad SMARTS) is 1. The molecule has 25 heavy (non-hydrogen) atoms. The van der Waals surface area contributed by atoms with Crippen LogP contribution in [0.25, 0.3) is 0 Å². The molecule has 4 nitrogen and oxygen atoms in total. The molecule has 0 bridgehead atoms. The van der Waals surface area contributed by atoms with Crippen LogP contribution in [0.15, 0.2) is 30.3 Å². The third-order valence-electron chi connectivity index (χ3n) is 5.02. The molecule has 1 atom stereocenters. The molecule has 1 aliphatic rings. The lowest BCUT2D eigenvalue weighted by Gasteiger charge is -2.30. The lowest BCUT2D eigenvalue weighted by atomic mass is 9.76. The van der Waals surface area contributed by atoms with Crippen molar-refractivity contribution in [1.82, 2.24) is 0 Å². The topological polar surface area (TPSA) is 63.6 Å². The quantitative estimate of drug-likeness (QED) is 0.732. The van der Waals surface area contributed by atoms with E-state index in [0.29, 0.717) is 25.7 Å². The number of hydrogen-bond acceptors (Lipinski definition) is 3. The summed E-state index contributed by atoms with van der Waals surface area (Å²) in [5, 5.41) is 9.76. The van der Waals surface area contributed by atoms with E-state index in [1.165, 1.54) is 0 Å². The summed E-state index contributed by atoms with van der Waals surface area (Å²) in [7, 11) is 0. The van der Waals surface area contributed by atoms with Crippen LogP contribution in [0.3, 0.4) is 0 Å². The van der Waals surface area contributed by atoms with E-state index >= 15 is 0 Å². The van der Waals surface area contributed by atoms with Crippen molar-refractivity contribution < 1.29 is 19.4 Å². The third-order valence-corrected chi connectivity index (χ3v) is 5.02. The van der Waals surface area contributed by atoms with Crippen molar-refractivity contribution in [3.63, 3.8) is 0 Å². The Morgan fingerprint density at radius 3 is 2.28 bits per heavy atom. The highest BCUT2D eigenvalue weighted by Crippen LogP contribution is 2.44. The Bertz CT molecular complexity index is 580. The van der Waals surface area contributed by atoms with Gasteiger partial charge in [-0.1, -0.05) is 43.2 Å². The molecule has 1 fully saturated rings. The molecule has 1 aromatic carbocycles. The van der Waals surface area contributed by atoms with Gasteiger partial charge in [0, 0.05) is 0 Å². The Balaban J connectivity index is 2.13. The summed E-state index contributed by atoms with van der Waals surface area (Å²) < 4.78 is 5.59. The van der Waals surface area contributed by atoms with E-state index in [-0.39, 0.29) is 11.9 Å². The van der Waals surface area contributed by atoms with Crippen LogP contribution in [0.1, 0.15) is 64.9 Å². The molecule has 1 aromatic rings. The van der Waals surface area contributed by atoms with Gasteiger partial charge >= 0.3 is 11.9 Å². The fourth-order valence-corrected chi connectivity index (χ4v) is 3.70. The van der Waals surface area contributed by atoms with Crippen molar-refractivity contribution in [2.24, 2.45) is 11.3 Å². The molecule has 0 heterocycles. The molecule has 1 N–H and O–H groups in total. The summed E-state index contributed by atoms with van der Waals surface area (Å²) in [6.45, 7) is 5.55. The zero-order valence-electron chi connectivity index (χ0n) is 15.6. The van der Waals surface area contributed by atoms with E-state index in [9.17, 15) is 14.7 Å². The third kappa shape index (κ3) is 5.58. The number of esters is 1. The second-order valence-corrected chi connectivity index (χ2v) is 8.25. The van der Waals surface area contributed by atoms with Crippen LogP contribution in [-0.2, 0) is 20.7 Å². The van der Waals surface area contributed by atoms with Crippen LogP contribution in [-0.4, -0.2) is 22.6 Å². The van der Waals surface area contributed by atoms with Crippen LogP contribution in [0.4, 0.5) is 0 Å². The summed E-state index contributed by atoms with van der Waals surface area (Å²) in [5.74, 6) is -1.41. The van der Waals surface area contributed by atoms with Gasteiger partial charge in [0.2, 0.25) is 0 Å². The molecule has 2 rings (SSSR count). The Labute approximate surface area is 150 Å². The first-order valence-corrected chi connectivity index (χ1v) is 9.22. The molecule has 1 aliphatic carbocycles. The minimum Gasteiger partial charge on any atom is -0.481 e. The van der Waals surface area contributed by atoms with Crippen molar-refractivity contribution in [2.45, 2.75) is 71.3 Å². The van der Waals surface area contributed by atoms with Gasteiger partial charge in [-0.3, -0.25) is 9.59 Å². The fourth-order valence-electron chi connectivity index (χ4n) is 3.70. The molecule has 1 saturated carbocycles. The molecule has 0 amide bonds. The average molecular weight is 346 g/mol. The van der Waals surface area contributed by atoms with Gasteiger partial charge < -0.3 is 9.84 Å². The summed E-state index contributed by atoms with van der Waals surface area (Å²) in [5.41, 5.74) is -0.168. The van der Waals surface area contributed by atoms with Gasteiger partial charge in [0.05, 0.1) is 11.3 Å². The standard InChI is InChI=1S/C21H30O4/c1-20(2,3)25-18(22)17(12-11-16-9-5-4-6-10-16)15-21(19(23)24)13-7-8-14-21/h4-6,9-10,17H,7-8,11-15H2,1-3H3,(H,23,24). The smallest absolute Gasteiger partial charge is 0.309 e. The number of carboxylic acids is 1. The number of carbonyl (C=O) groups is 2. The number of carbonyl (C=O) groups excluding carboxylic acids is 1. The summed E-state index contributed by atoms with van der Waals surface area (Å²) in [6.07, 6.45) is 4.91. The zero-order chi connectivity index (χ0) is 18.5. The van der Waals surface area contributed by atoms with E-state index in [4.69, 9.17) is 4.74 Å². The van der Waals surface area contributed by atoms with E-state index < -0.39 is 17.0 Å². The van der Waals surface area contributed by atoms with E-state index in [0.717, 1.165) is 24.8 Å². The first-order chi connectivity index (χ1) is 11.7. The normalized spacial score (nSPS) is 17.9. The largest absolute Gasteiger partial charge is 0.481 e. The Kier molecular flexibility index (Phi) is 6.26. The number of aryl methyl sites for hydroxylation is 1. The molecule has 0 aromatic heterocycles. The lowest BCUT2D eigenvalue weighted by Crippen LogP contribution is -2.36. The maximum atomic E-state index is 12.7. The van der Waals surface area contributed by atoms with Gasteiger partial charge in [0.15, 0.2) is 0 Å². The van der Waals surface area contributed by atoms with Crippen molar-refractivity contribution in [2.75, 3.05) is 0 Å². The molecule has 0 spiro atoms. The van der Waals surface area contributed by atoms with Gasteiger partial charge in [0.25, 0.3) is 0 Å². The molecule has 0 saturated heterocycles. The van der Waals surface area contributed by atoms with E-state index in [1.807, 2.05) is 51.1 Å². The predicted octanol–water partition coefficient (Wildman–Crippen LogP) is 4.61. The monoisotopic (exact) mass is 346 g/mol. The van der Waals surface area contributed by atoms with Crippen LogP contribution in [0.5, 0.6) is 0 Å². The fraction of sp³-hybridized carbons (Fsp3) is 0.619. The van der Waals surface area contributed by atoms with Crippen molar-refractivity contribution in [3.8, 4) is 0 Å². The van der Waals surface area contributed by atoms with Gasteiger partial charge in [-0.2, -0.15) is 0 Å². The van der Waals surface area contributed by atoms with E-state index in [1.54, 1.807) is 0 Å². The highest BCUT2D eigenvalue weighted by atomic mass is 16.6. The highest BCUT2D eigenvalue weighted by molar-refractivity contribution is 5.78. The molecule has 138 valence electrons. The number of ether oxygens (including phenoxy) is 1. The second-order valence-electron chi connectivity index (χ2n) is 8.25. The Morgan fingerprint density at radius 2 is 1.76 bits per heavy atom. The van der Waals surface area contributed by atoms with Gasteiger partial charge in [-0.15, -0.1) is 0 Å². The zero-order valence-corrected chi connectivity index (χ0v) is 15.6. The first kappa shape index (κ1) is 19.5. The van der Waals surface area contributed by atoms with Crippen molar-refractivity contribution >= 4 is 11.9 Å². The van der Waals surface area contributed by atoms with Crippen LogP contribution >= 0.6 is 0 Å². The number of hydrogen-bond donors (Lipinski definition) is 1. The Hall–Kier alpha value is -1.84. The average Bonchev–Trinajstić information content (AvgIpc) is 3.00. The minimum atomic E-state index is -0.766. The predicted molar refractivity (Wildman–Crippen MR) is 97.3 cm³/mol. The minimum absolute atomic E-state index is 0.268. The van der Waals surface area contributed by atoms with Crippen molar-refractivity contribution in [3.05, 3.63) is 35.9 Å². The SMILES string of the molecule is CC(C)(C)OC(=O)C(CCc1ccccc1)CC1(C(=O)O)CCCC1. The summed E-state index contributed by atoms with van der Waals surface area (Å²) in [6, 6.07) is 10.00.